The van der Waals surface area contributed by atoms with Gasteiger partial charge in [0, 0.05) is 31.9 Å². The molecule has 5 nitrogen and oxygen atoms in total. The van der Waals surface area contributed by atoms with Crippen LogP contribution in [0.3, 0.4) is 0 Å². The van der Waals surface area contributed by atoms with Crippen molar-refractivity contribution in [3.63, 3.8) is 0 Å². The Labute approximate surface area is 120 Å². The lowest BCUT2D eigenvalue weighted by molar-refractivity contribution is 0.383. The largest absolute Gasteiger partial charge is 0.369 e. The van der Waals surface area contributed by atoms with Gasteiger partial charge >= 0.3 is 0 Å². The summed E-state index contributed by atoms with van der Waals surface area (Å²) in [5.41, 5.74) is 2.31. The van der Waals surface area contributed by atoms with E-state index in [0.717, 1.165) is 5.69 Å². The Morgan fingerprint density at radius 1 is 1.25 bits per heavy atom. The maximum atomic E-state index is 12.1. The van der Waals surface area contributed by atoms with E-state index in [-0.39, 0.29) is 0 Å². The molecule has 1 heterocycles. The molecule has 0 aliphatic carbocycles. The number of piperazine rings is 1. The number of nitrogens with zero attached hydrogens (tertiary/aromatic N) is 3. The van der Waals surface area contributed by atoms with Gasteiger partial charge in [-0.05, 0) is 31.5 Å². The molecule has 0 amide bonds. The Kier molecular flexibility index (Phi) is 4.31. The minimum absolute atomic E-state index is 0.433. The molecule has 1 aliphatic heterocycles. The zero-order chi connectivity index (χ0) is 14.8. The fourth-order valence-electron chi connectivity index (χ4n) is 2.32. The molecule has 1 aromatic carbocycles. The molecule has 108 valence electrons. The van der Waals surface area contributed by atoms with Crippen LogP contribution in [0.4, 0.5) is 5.69 Å². The van der Waals surface area contributed by atoms with E-state index in [4.69, 9.17) is 5.26 Å². The summed E-state index contributed by atoms with van der Waals surface area (Å²) in [7, 11) is -3.48. The molecule has 0 N–H and O–H groups in total. The van der Waals surface area contributed by atoms with Gasteiger partial charge in [-0.2, -0.15) is 9.57 Å². The van der Waals surface area contributed by atoms with Crippen LogP contribution in [0, 0.1) is 18.3 Å². The maximum Gasteiger partial charge on any atom is 0.230 e. The van der Waals surface area contributed by atoms with Crippen LogP contribution < -0.4 is 4.90 Å². The van der Waals surface area contributed by atoms with E-state index in [0.29, 0.717) is 26.2 Å². The third kappa shape index (κ3) is 2.94. The fourth-order valence-corrected chi connectivity index (χ4v) is 3.57. The van der Waals surface area contributed by atoms with Gasteiger partial charge in [-0.15, -0.1) is 0 Å². The van der Waals surface area contributed by atoms with Crippen molar-refractivity contribution in [3.05, 3.63) is 29.8 Å². The van der Waals surface area contributed by atoms with Crippen molar-refractivity contribution in [1.82, 2.24) is 4.31 Å². The molecule has 0 spiro atoms. The van der Waals surface area contributed by atoms with Gasteiger partial charge < -0.3 is 4.90 Å². The van der Waals surface area contributed by atoms with E-state index < -0.39 is 15.3 Å². The topological polar surface area (TPSA) is 64.4 Å². The lowest BCUT2D eigenvalue weighted by atomic mass is 10.2. The van der Waals surface area contributed by atoms with Crippen molar-refractivity contribution in [2.24, 2.45) is 0 Å². The van der Waals surface area contributed by atoms with E-state index in [1.54, 1.807) is 0 Å². The quantitative estimate of drug-likeness (QED) is 0.844. The molecule has 2 rings (SSSR count). The molecule has 1 saturated heterocycles. The first-order valence-corrected chi connectivity index (χ1v) is 8.15. The van der Waals surface area contributed by atoms with E-state index >= 15 is 0 Å². The van der Waals surface area contributed by atoms with Crippen LogP contribution >= 0.6 is 0 Å². The number of benzene rings is 1. The van der Waals surface area contributed by atoms with Gasteiger partial charge in [-0.1, -0.05) is 12.1 Å². The van der Waals surface area contributed by atoms with Gasteiger partial charge in [-0.3, -0.25) is 0 Å². The van der Waals surface area contributed by atoms with E-state index in [2.05, 4.69) is 11.0 Å². The summed E-state index contributed by atoms with van der Waals surface area (Å²) in [5, 5.41) is 7.82. The first-order chi connectivity index (χ1) is 9.45. The van der Waals surface area contributed by atoms with E-state index in [9.17, 15) is 8.42 Å². The predicted octanol–water partition coefficient (Wildman–Crippen LogP) is 1.36. The van der Waals surface area contributed by atoms with Crippen molar-refractivity contribution in [3.8, 4) is 6.07 Å². The highest BCUT2D eigenvalue weighted by Crippen LogP contribution is 2.19. The van der Waals surface area contributed by atoms with Gasteiger partial charge in [0.1, 0.15) is 0 Å². The molecule has 0 aromatic heterocycles. The highest BCUT2D eigenvalue weighted by molar-refractivity contribution is 7.89. The Hall–Kier alpha value is -1.58. The smallest absolute Gasteiger partial charge is 0.230 e. The Morgan fingerprint density at radius 3 is 2.45 bits per heavy atom. The summed E-state index contributed by atoms with van der Waals surface area (Å²) in [6.45, 7) is 5.65. The van der Waals surface area contributed by atoms with Crippen LogP contribution in [0.5, 0.6) is 0 Å². The Bertz CT molecular complexity index is 614. The van der Waals surface area contributed by atoms with Crippen molar-refractivity contribution in [2.45, 2.75) is 19.1 Å². The van der Waals surface area contributed by atoms with E-state index in [1.165, 1.54) is 16.8 Å². The number of rotatable bonds is 3. The molecule has 0 bridgehead atoms. The standard InChI is InChI=1S/C14H19N3O2S/c1-12-4-3-5-14(10-12)16-6-8-17(9-7-16)20(18,19)13(2)11-15/h3-5,10,13H,6-9H2,1-2H3. The normalized spacial score (nSPS) is 18.6. The molecule has 1 unspecified atom stereocenters. The molecular weight excluding hydrogens is 274 g/mol. The van der Waals surface area contributed by atoms with Gasteiger partial charge in [0.2, 0.25) is 10.0 Å². The van der Waals surface area contributed by atoms with Crippen molar-refractivity contribution in [1.29, 1.82) is 5.26 Å². The lowest BCUT2D eigenvalue weighted by Gasteiger charge is -2.35. The van der Waals surface area contributed by atoms with Crippen molar-refractivity contribution >= 4 is 15.7 Å². The molecule has 0 saturated carbocycles. The summed E-state index contributed by atoms with van der Waals surface area (Å²) in [6, 6.07) is 9.99. The summed E-state index contributed by atoms with van der Waals surface area (Å²) < 4.78 is 25.6. The van der Waals surface area contributed by atoms with Crippen LogP contribution in [0.2, 0.25) is 0 Å². The second-order valence-electron chi connectivity index (χ2n) is 5.04. The minimum Gasteiger partial charge on any atom is -0.369 e. The summed E-state index contributed by atoms with van der Waals surface area (Å²) >= 11 is 0. The molecule has 1 atom stereocenters. The van der Waals surface area contributed by atoms with Gasteiger partial charge in [-0.25, -0.2) is 8.42 Å². The third-order valence-corrected chi connectivity index (χ3v) is 5.68. The molecule has 1 fully saturated rings. The molecule has 20 heavy (non-hydrogen) atoms. The fraction of sp³-hybridized carbons (Fsp3) is 0.500. The van der Waals surface area contributed by atoms with Crippen molar-refractivity contribution < 1.29 is 8.42 Å². The second kappa shape index (κ2) is 5.81. The lowest BCUT2D eigenvalue weighted by Crippen LogP contribution is -2.50. The van der Waals surface area contributed by atoms with Crippen LogP contribution in [-0.4, -0.2) is 44.2 Å². The molecule has 6 heteroatoms. The van der Waals surface area contributed by atoms with Crippen LogP contribution in [0.1, 0.15) is 12.5 Å². The molecule has 1 aromatic rings. The Morgan fingerprint density at radius 2 is 1.90 bits per heavy atom. The number of sulfonamides is 1. The highest BCUT2D eigenvalue weighted by Gasteiger charge is 2.31. The maximum absolute atomic E-state index is 12.1. The van der Waals surface area contributed by atoms with Crippen LogP contribution in [-0.2, 0) is 10.0 Å². The zero-order valence-electron chi connectivity index (χ0n) is 11.8. The predicted molar refractivity (Wildman–Crippen MR) is 79.0 cm³/mol. The average Bonchev–Trinajstić information content (AvgIpc) is 2.46. The highest BCUT2D eigenvalue weighted by atomic mass is 32.2. The summed E-state index contributed by atoms with van der Waals surface area (Å²) in [6.07, 6.45) is 0. The third-order valence-electron chi connectivity index (χ3n) is 3.59. The Balaban J connectivity index is 2.05. The van der Waals surface area contributed by atoms with Gasteiger partial charge in [0.05, 0.1) is 6.07 Å². The van der Waals surface area contributed by atoms with Crippen molar-refractivity contribution in [2.75, 3.05) is 31.1 Å². The molecule has 1 aliphatic rings. The number of nitriles is 1. The molecular formula is C14H19N3O2S. The number of aryl methyl sites for hydroxylation is 1. The van der Waals surface area contributed by atoms with Gasteiger partial charge in [0.15, 0.2) is 5.25 Å². The zero-order valence-corrected chi connectivity index (χ0v) is 12.6. The first kappa shape index (κ1) is 14.8. The first-order valence-electron chi connectivity index (χ1n) is 6.65. The average molecular weight is 293 g/mol. The summed E-state index contributed by atoms with van der Waals surface area (Å²) in [4.78, 5) is 2.18. The number of anilines is 1. The monoisotopic (exact) mass is 293 g/mol. The number of hydrogen-bond acceptors (Lipinski definition) is 4. The summed E-state index contributed by atoms with van der Waals surface area (Å²) in [5.74, 6) is 0. The van der Waals surface area contributed by atoms with Crippen LogP contribution in [0.15, 0.2) is 24.3 Å². The van der Waals surface area contributed by atoms with Crippen LogP contribution in [0.25, 0.3) is 0 Å². The minimum atomic E-state index is -3.48. The van der Waals surface area contributed by atoms with Gasteiger partial charge in [0.25, 0.3) is 0 Å². The SMILES string of the molecule is Cc1cccc(N2CCN(S(=O)(=O)C(C)C#N)CC2)c1. The molecule has 0 radical (unpaired) electrons. The van der Waals surface area contributed by atoms with E-state index in [1.807, 2.05) is 31.2 Å². The number of hydrogen-bond donors (Lipinski definition) is 0. The second-order valence-corrected chi connectivity index (χ2v) is 7.29.